The lowest BCUT2D eigenvalue weighted by atomic mass is 10.1. The number of aryl methyl sites for hydroxylation is 2. The first-order valence-corrected chi connectivity index (χ1v) is 45.9. The van der Waals surface area contributed by atoms with Crippen LogP contribution in [0.5, 0.6) is 0 Å². The summed E-state index contributed by atoms with van der Waals surface area (Å²) in [5.74, 6) is -8.74. The van der Waals surface area contributed by atoms with E-state index in [2.05, 4.69) is 54.8 Å². The molecule has 52 nitrogen and oxygen atoms in total. The molecule has 143 heavy (non-hydrogen) atoms. The number of fused-ring (bicyclic) bond motifs is 2. The summed E-state index contributed by atoms with van der Waals surface area (Å²) in [7, 11) is 0. The molecule has 0 fully saturated rings. The molecule has 0 bridgehead atoms. The van der Waals surface area contributed by atoms with Gasteiger partial charge in [0.1, 0.15) is 87.0 Å². The summed E-state index contributed by atoms with van der Waals surface area (Å²) in [5.41, 5.74) is 31.0. The highest BCUT2D eigenvalue weighted by Crippen LogP contribution is 2.20. The Morgan fingerprint density at radius 1 is 0.329 bits per heavy atom. The highest BCUT2D eigenvalue weighted by molar-refractivity contribution is 5.93. The van der Waals surface area contributed by atoms with Gasteiger partial charge >= 0.3 is 28.4 Å². The molecule has 760 valence electrons. The van der Waals surface area contributed by atoms with E-state index in [1.54, 1.807) is 24.3 Å². The average molecular weight is 1980 g/mol. The second-order valence-electron chi connectivity index (χ2n) is 34.8. The number of rotatable bonds is 58. The number of nitrogen functional groups attached to an aromatic ring is 6. The molecule has 0 spiro atoms. The number of ketones is 7. The number of carbonyl (C=O) groups excluding carboxylic acids is 14. The Hall–Kier alpha value is -16.9. The number of hydrogen-bond acceptors (Lipinski definition) is 36. The van der Waals surface area contributed by atoms with Crippen molar-refractivity contribution in [3.8, 4) is 0 Å². The highest BCUT2D eigenvalue weighted by Gasteiger charge is 2.30. The molecule has 52 heteroatoms. The molecule has 7 amide bonds. The fourth-order valence-electron chi connectivity index (χ4n) is 15.3. The zero-order valence-electron chi connectivity index (χ0n) is 79.6. The third kappa shape index (κ3) is 32.9. The van der Waals surface area contributed by atoms with Crippen molar-refractivity contribution in [2.45, 2.75) is 170 Å². The summed E-state index contributed by atoms with van der Waals surface area (Å²) in [6, 6.07) is 10.4. The second-order valence-corrected chi connectivity index (χ2v) is 34.8. The number of amides is 7. The average Bonchev–Trinajstić information content (AvgIpc) is 1.76. The number of imidazole rings is 2. The third-order valence-corrected chi connectivity index (χ3v) is 23.0. The molecule has 0 aliphatic rings. The lowest BCUT2D eigenvalue weighted by Gasteiger charge is -2.25. The summed E-state index contributed by atoms with van der Waals surface area (Å²) in [5, 5.41) is 0. The zero-order valence-corrected chi connectivity index (χ0v) is 79.6. The minimum Gasteiger partial charge on any atom is -0.399 e. The number of nitrogens with two attached hydrogens (primary N) is 6. The fourth-order valence-corrected chi connectivity index (χ4v) is 15.3. The van der Waals surface area contributed by atoms with E-state index >= 15 is 0 Å². The van der Waals surface area contributed by atoms with Crippen LogP contribution < -0.4 is 74.0 Å². The van der Waals surface area contributed by atoms with E-state index in [9.17, 15) is 101 Å². The van der Waals surface area contributed by atoms with Crippen LogP contribution in [0.15, 0.2) is 132 Å². The van der Waals surface area contributed by atoms with Gasteiger partial charge in [0.05, 0.1) is 58.5 Å². The van der Waals surface area contributed by atoms with Crippen molar-refractivity contribution in [3.05, 3.63) is 189 Å². The number of carbonyl (C=O) groups is 14. The molecule has 0 aliphatic heterocycles. The van der Waals surface area contributed by atoms with E-state index in [1.807, 2.05) is 13.8 Å². The van der Waals surface area contributed by atoms with Crippen LogP contribution in [0, 0.1) is 19.8 Å². The summed E-state index contributed by atoms with van der Waals surface area (Å²) in [6.07, 6.45) is 9.50. The van der Waals surface area contributed by atoms with Crippen LogP contribution in [0.25, 0.3) is 22.3 Å². The van der Waals surface area contributed by atoms with Crippen molar-refractivity contribution in [2.24, 2.45) is 5.92 Å². The first-order chi connectivity index (χ1) is 68.1. The van der Waals surface area contributed by atoms with Crippen molar-refractivity contribution < 1.29 is 67.1 Å². The van der Waals surface area contributed by atoms with E-state index in [-0.39, 0.29) is 204 Å². The van der Waals surface area contributed by atoms with Crippen molar-refractivity contribution in [2.75, 3.05) is 126 Å². The first-order valence-electron chi connectivity index (χ1n) is 45.9. The molecule has 9 heterocycles. The van der Waals surface area contributed by atoms with Gasteiger partial charge in [-0.25, -0.2) is 53.9 Å². The van der Waals surface area contributed by atoms with Crippen LogP contribution in [0.3, 0.4) is 0 Å². The van der Waals surface area contributed by atoms with Gasteiger partial charge in [0.2, 0.25) is 41.4 Å². The molecule has 14 N–H and O–H groups in total. The predicted molar refractivity (Wildman–Crippen MR) is 515 cm³/mol. The lowest BCUT2D eigenvalue weighted by Crippen LogP contribution is -2.43. The maximum Gasteiger partial charge on any atom is 0.349 e. The predicted octanol–water partition coefficient (Wildman–Crippen LogP) is -3.21. The molecule has 10 rings (SSSR count). The number of hydrogen-bond donors (Lipinski definition) is 8. The number of Topliss-reactive ketones (excluding diaryl/α,β-unsaturated/α-hetero) is 7. The molecule has 9 aromatic heterocycles. The molecular weight excluding hydrogens is 1860 g/mol. The molecule has 1 aromatic carbocycles. The summed E-state index contributed by atoms with van der Waals surface area (Å²) in [6.45, 7) is -2.42. The summed E-state index contributed by atoms with van der Waals surface area (Å²) in [4.78, 5) is 336. The maximum absolute atomic E-state index is 14.6. The number of nitrogens with zero attached hydrogens (tertiary/aromatic N) is 23. The summed E-state index contributed by atoms with van der Waals surface area (Å²) < 4.78 is 7.53. The van der Waals surface area contributed by atoms with Gasteiger partial charge in [0.15, 0.2) is 63.4 Å². The van der Waals surface area contributed by atoms with Crippen LogP contribution in [0.1, 0.15) is 120 Å². The van der Waals surface area contributed by atoms with Gasteiger partial charge in [0.25, 0.3) is 11.1 Å². The molecule has 10 aromatic rings. The number of aromatic nitrogens is 18. The van der Waals surface area contributed by atoms with Gasteiger partial charge in [-0.05, 0) is 107 Å². The largest absolute Gasteiger partial charge is 0.399 e. The first kappa shape index (κ1) is 108. The van der Waals surface area contributed by atoms with Crippen molar-refractivity contribution >= 4 is 139 Å². The van der Waals surface area contributed by atoms with Gasteiger partial charge in [0, 0.05) is 139 Å². The van der Waals surface area contributed by atoms with Gasteiger partial charge in [-0.1, -0.05) is 26.0 Å². The van der Waals surface area contributed by atoms with Crippen LogP contribution in [0.2, 0.25) is 0 Å². The Bertz CT molecular complexity index is 6830. The van der Waals surface area contributed by atoms with Crippen LogP contribution in [-0.4, -0.2) is 295 Å². The SMILES string of the molecule is Cc1cn(CC(=O)N(CCCC(=O)CN(CCCC(C)C)C(=O)Cn2ccc(N)nc2=O)CC(=O)CCCN(CC(=O)CCCN(CC(=O)CCCN(CC(=O)CCCN(CC(=O)CCCN(CC(=O)Cc2ccc(N)cc2)C(=O)Cn2ccc(N)nc2=O)C(=O)Cn2cnc3c(N)ncnc32)C(=O)Cn2ccc(N)nc2=O)C(=O)Cn2cc(C)c(=O)[nH]c2=O)C(=O)Cn2cnc3c(N)ncnc32)c(=O)[nH]c1=O. The van der Waals surface area contributed by atoms with Gasteiger partial charge < -0.3 is 77.8 Å². The molecule has 0 saturated heterocycles. The number of benzene rings is 1. The lowest BCUT2D eigenvalue weighted by molar-refractivity contribution is -0.137. The van der Waals surface area contributed by atoms with Crippen molar-refractivity contribution in [3.63, 3.8) is 0 Å². The standard InChI is InChI=1S/C91H115N31O21/c1-57(2)12-5-26-109(72(130)46-116-33-23-69(93)104-87(116)139)39-62(123)14-7-28-111(75(133)49-119-37-58(3)85(137)107-90(119)142)42-65(126)17-10-31-113(77(135)51-121-55-102-79-81(96)98-53-100-83(79)121)43-66(127)15-8-29-112(76(134)50-120-38-59(4)86(138)108-91(120)143)41-64(125)13-6-27-110(73(131)47-117-34-24-70(94)105-88(117)140)40-63(124)16-9-30-114(78(136)52-122-56-103-80-82(97)99-54-101-84(80)122)44-67(128)18-11-32-115(45-68(129)36-60-19-21-61(92)22-20-60)74(132)48-118-35-25-71(95)106-89(118)141/h19-25,33-35,37-38,53-57H,5-18,26-32,36,39-52,92H2,1-4H3,(H2,93,104,139)(H2,94,105,140)(H2,95,106,141)(H2,96,98,100)(H2,97,99,101)(H,107,137,142)(H,108,138,143). The Morgan fingerprint density at radius 3 is 0.874 bits per heavy atom. The second kappa shape index (κ2) is 51.7. The van der Waals surface area contributed by atoms with Crippen LogP contribution >= 0.6 is 0 Å². The number of nitrogens with one attached hydrogen (secondary N) is 2. The number of anilines is 6. The quantitative estimate of drug-likeness (QED) is 0.0174. The molecule has 0 saturated carbocycles. The Kier molecular flexibility index (Phi) is 39.1. The summed E-state index contributed by atoms with van der Waals surface area (Å²) >= 11 is 0. The Balaban J connectivity index is 0.802. The molecule has 0 aliphatic carbocycles. The molecule has 0 atom stereocenters. The smallest absolute Gasteiger partial charge is 0.349 e. The van der Waals surface area contributed by atoms with Crippen LogP contribution in [0.4, 0.5) is 34.8 Å². The van der Waals surface area contributed by atoms with E-state index < -0.39 is 207 Å². The van der Waals surface area contributed by atoms with Gasteiger partial charge in [-0.3, -0.25) is 110 Å². The Labute approximate surface area is 813 Å². The number of H-pyrrole nitrogens is 2. The van der Waals surface area contributed by atoms with Crippen molar-refractivity contribution in [1.29, 1.82) is 0 Å². The monoisotopic (exact) mass is 1980 g/mol. The third-order valence-electron chi connectivity index (χ3n) is 23.0. The van der Waals surface area contributed by atoms with Crippen molar-refractivity contribution in [1.82, 2.24) is 121 Å². The normalized spacial score (nSPS) is 11.2. The van der Waals surface area contributed by atoms with Gasteiger partial charge in [-0.2, -0.15) is 15.0 Å². The molecule has 0 unspecified atom stereocenters. The fraction of sp³-hybridized carbons (Fsp3) is 0.451. The zero-order chi connectivity index (χ0) is 104. The van der Waals surface area contributed by atoms with Gasteiger partial charge in [-0.15, -0.1) is 0 Å². The highest BCUT2D eigenvalue weighted by atomic mass is 16.2. The minimum atomic E-state index is -0.979. The number of aromatic amines is 2. The molecular formula is C91H115N31O21. The minimum absolute atomic E-state index is 0.00752. The Morgan fingerprint density at radius 2 is 0.594 bits per heavy atom. The van der Waals surface area contributed by atoms with Crippen LogP contribution in [-0.2, 0) is 119 Å². The topological polar surface area (TPSA) is 719 Å². The molecule has 0 radical (unpaired) electrons. The maximum atomic E-state index is 14.6. The van der Waals surface area contributed by atoms with E-state index in [4.69, 9.17) is 34.4 Å². The van der Waals surface area contributed by atoms with E-state index in [1.165, 1.54) is 87.1 Å². The van der Waals surface area contributed by atoms with E-state index in [0.29, 0.717) is 24.1 Å². The van der Waals surface area contributed by atoms with E-state index in [0.717, 1.165) is 67.5 Å².